The van der Waals surface area contributed by atoms with Crippen molar-refractivity contribution in [2.75, 3.05) is 43.4 Å². The summed E-state index contributed by atoms with van der Waals surface area (Å²) in [6.07, 6.45) is 3.16. The van der Waals surface area contributed by atoms with Crippen molar-refractivity contribution in [1.82, 2.24) is 14.9 Å². The van der Waals surface area contributed by atoms with E-state index in [9.17, 15) is 0 Å². The number of aromatic nitrogens is 2. The Morgan fingerprint density at radius 1 is 1.24 bits per heavy atom. The van der Waals surface area contributed by atoms with E-state index in [1.54, 1.807) is 0 Å². The van der Waals surface area contributed by atoms with Crippen LogP contribution < -0.4 is 10.2 Å². The number of aryl methyl sites for hydroxylation is 1. The SMILES string of the molecule is CCCNc1cc(N2CCN(C)C(CC)C2)nc(CC)n1. The lowest BCUT2D eigenvalue weighted by molar-refractivity contribution is 0.213. The molecule has 2 rings (SSSR count). The predicted molar refractivity (Wildman–Crippen MR) is 89.1 cm³/mol. The number of rotatable bonds is 6. The molecule has 1 aromatic rings. The Bertz CT molecular complexity index is 448. The zero-order valence-corrected chi connectivity index (χ0v) is 13.9. The van der Waals surface area contributed by atoms with Gasteiger partial charge in [-0.25, -0.2) is 9.97 Å². The fraction of sp³-hybridized carbons (Fsp3) is 0.750. The minimum Gasteiger partial charge on any atom is -0.370 e. The first kappa shape index (κ1) is 16.0. The van der Waals surface area contributed by atoms with Gasteiger partial charge in [-0.1, -0.05) is 20.8 Å². The topological polar surface area (TPSA) is 44.3 Å². The first-order valence-electron chi connectivity index (χ1n) is 8.24. The molecular formula is C16H29N5. The Labute approximate surface area is 128 Å². The van der Waals surface area contributed by atoms with Crippen molar-refractivity contribution in [3.05, 3.63) is 11.9 Å². The van der Waals surface area contributed by atoms with Gasteiger partial charge in [0.2, 0.25) is 0 Å². The van der Waals surface area contributed by atoms with Gasteiger partial charge < -0.3 is 10.2 Å². The molecule has 1 fully saturated rings. The van der Waals surface area contributed by atoms with Crippen LogP contribution in [0.15, 0.2) is 6.07 Å². The molecule has 2 heterocycles. The molecule has 1 aliphatic rings. The number of nitrogens with one attached hydrogen (secondary N) is 1. The summed E-state index contributed by atoms with van der Waals surface area (Å²) in [7, 11) is 2.22. The third-order valence-corrected chi connectivity index (χ3v) is 4.20. The lowest BCUT2D eigenvalue weighted by atomic mass is 10.1. The van der Waals surface area contributed by atoms with E-state index < -0.39 is 0 Å². The largest absolute Gasteiger partial charge is 0.370 e. The highest BCUT2D eigenvalue weighted by atomic mass is 15.3. The average molecular weight is 291 g/mol. The van der Waals surface area contributed by atoms with Crippen LogP contribution in [0.3, 0.4) is 0 Å². The molecule has 0 saturated carbocycles. The summed E-state index contributed by atoms with van der Waals surface area (Å²) in [6.45, 7) is 10.7. The number of anilines is 2. The molecule has 118 valence electrons. The Morgan fingerprint density at radius 3 is 2.71 bits per heavy atom. The normalized spacial score (nSPS) is 19.8. The van der Waals surface area contributed by atoms with E-state index in [2.05, 4.69) is 54.0 Å². The lowest BCUT2D eigenvalue weighted by Crippen LogP contribution is -2.51. The first-order chi connectivity index (χ1) is 10.2. The molecule has 1 saturated heterocycles. The van der Waals surface area contributed by atoms with E-state index in [4.69, 9.17) is 4.98 Å². The second-order valence-electron chi connectivity index (χ2n) is 5.80. The zero-order chi connectivity index (χ0) is 15.2. The summed E-state index contributed by atoms with van der Waals surface area (Å²) < 4.78 is 0. The molecule has 0 aliphatic carbocycles. The highest BCUT2D eigenvalue weighted by Crippen LogP contribution is 2.20. The van der Waals surface area contributed by atoms with E-state index in [1.807, 2.05) is 0 Å². The molecular weight excluding hydrogens is 262 g/mol. The Morgan fingerprint density at radius 2 is 2.05 bits per heavy atom. The van der Waals surface area contributed by atoms with Crippen LogP contribution in [0, 0.1) is 0 Å². The third kappa shape index (κ3) is 4.06. The molecule has 0 radical (unpaired) electrons. The molecule has 0 aromatic carbocycles. The quantitative estimate of drug-likeness (QED) is 0.872. The third-order valence-electron chi connectivity index (χ3n) is 4.20. The predicted octanol–water partition coefficient (Wildman–Crippen LogP) is 2.39. The number of nitrogens with zero attached hydrogens (tertiary/aromatic N) is 4. The maximum atomic E-state index is 4.73. The van der Waals surface area contributed by atoms with Crippen molar-refractivity contribution in [2.24, 2.45) is 0 Å². The van der Waals surface area contributed by atoms with Gasteiger partial charge in [-0.2, -0.15) is 0 Å². The molecule has 0 bridgehead atoms. The molecule has 1 N–H and O–H groups in total. The summed E-state index contributed by atoms with van der Waals surface area (Å²) in [5, 5.41) is 3.39. The van der Waals surface area contributed by atoms with Crippen LogP contribution in [-0.4, -0.2) is 54.1 Å². The van der Waals surface area contributed by atoms with Gasteiger partial charge in [-0.15, -0.1) is 0 Å². The molecule has 21 heavy (non-hydrogen) atoms. The lowest BCUT2D eigenvalue weighted by Gasteiger charge is -2.39. The van der Waals surface area contributed by atoms with Gasteiger partial charge >= 0.3 is 0 Å². The number of piperazine rings is 1. The van der Waals surface area contributed by atoms with Crippen LogP contribution in [0.2, 0.25) is 0 Å². The van der Waals surface area contributed by atoms with E-state index >= 15 is 0 Å². The van der Waals surface area contributed by atoms with Gasteiger partial charge in [0, 0.05) is 44.7 Å². The summed E-state index contributed by atoms with van der Waals surface area (Å²) in [5.41, 5.74) is 0. The highest BCUT2D eigenvalue weighted by molar-refractivity contribution is 5.50. The fourth-order valence-corrected chi connectivity index (χ4v) is 2.74. The van der Waals surface area contributed by atoms with Crippen molar-refractivity contribution in [3.8, 4) is 0 Å². The minimum atomic E-state index is 0.617. The summed E-state index contributed by atoms with van der Waals surface area (Å²) in [4.78, 5) is 14.2. The molecule has 1 aliphatic heterocycles. The van der Waals surface area contributed by atoms with Crippen molar-refractivity contribution in [1.29, 1.82) is 0 Å². The Kier molecular flexibility index (Phi) is 5.79. The summed E-state index contributed by atoms with van der Waals surface area (Å²) in [5.74, 6) is 2.97. The molecule has 5 heteroatoms. The molecule has 0 amide bonds. The maximum Gasteiger partial charge on any atom is 0.134 e. The van der Waals surface area contributed by atoms with Gasteiger partial charge in [0.05, 0.1) is 0 Å². The number of hydrogen-bond donors (Lipinski definition) is 1. The van der Waals surface area contributed by atoms with Gasteiger partial charge in [0.15, 0.2) is 0 Å². The van der Waals surface area contributed by atoms with Crippen LogP contribution in [0.5, 0.6) is 0 Å². The van der Waals surface area contributed by atoms with E-state index in [0.29, 0.717) is 6.04 Å². The van der Waals surface area contributed by atoms with Gasteiger partial charge in [-0.3, -0.25) is 4.90 Å². The standard InChI is InChI=1S/C16H29N5/c1-5-8-17-15-11-16(19-14(7-3)18-15)21-10-9-20(4)13(6-2)12-21/h11,13H,5-10,12H2,1-4H3,(H,17,18,19). The summed E-state index contributed by atoms with van der Waals surface area (Å²) in [6, 6.07) is 2.72. The number of likely N-dealkylation sites (N-methyl/N-ethyl adjacent to an activating group) is 1. The average Bonchev–Trinajstić information content (AvgIpc) is 2.53. The highest BCUT2D eigenvalue weighted by Gasteiger charge is 2.24. The van der Waals surface area contributed by atoms with Crippen LogP contribution in [0.25, 0.3) is 0 Å². The van der Waals surface area contributed by atoms with Crippen molar-refractivity contribution in [3.63, 3.8) is 0 Å². The smallest absolute Gasteiger partial charge is 0.134 e. The van der Waals surface area contributed by atoms with Crippen LogP contribution in [0.4, 0.5) is 11.6 Å². The summed E-state index contributed by atoms with van der Waals surface area (Å²) >= 11 is 0. The Hall–Kier alpha value is -1.36. The fourth-order valence-electron chi connectivity index (χ4n) is 2.74. The van der Waals surface area contributed by atoms with Crippen LogP contribution in [0.1, 0.15) is 39.4 Å². The van der Waals surface area contributed by atoms with Crippen LogP contribution >= 0.6 is 0 Å². The van der Waals surface area contributed by atoms with Gasteiger partial charge in [0.1, 0.15) is 17.5 Å². The van der Waals surface area contributed by atoms with E-state index in [-0.39, 0.29) is 0 Å². The monoisotopic (exact) mass is 291 g/mol. The van der Waals surface area contributed by atoms with Crippen molar-refractivity contribution in [2.45, 2.75) is 46.1 Å². The molecule has 1 aromatic heterocycles. The molecule has 5 nitrogen and oxygen atoms in total. The first-order valence-corrected chi connectivity index (χ1v) is 8.24. The van der Waals surface area contributed by atoms with Gasteiger partial charge in [-0.05, 0) is 19.9 Å². The number of hydrogen-bond acceptors (Lipinski definition) is 5. The van der Waals surface area contributed by atoms with E-state index in [1.165, 1.54) is 6.42 Å². The second-order valence-corrected chi connectivity index (χ2v) is 5.80. The molecule has 1 atom stereocenters. The molecule has 0 spiro atoms. The zero-order valence-electron chi connectivity index (χ0n) is 13.9. The van der Waals surface area contributed by atoms with Gasteiger partial charge in [0.25, 0.3) is 0 Å². The van der Waals surface area contributed by atoms with Crippen LogP contribution in [-0.2, 0) is 6.42 Å². The molecule has 1 unspecified atom stereocenters. The van der Waals surface area contributed by atoms with E-state index in [0.717, 1.165) is 56.5 Å². The Balaban J connectivity index is 2.17. The minimum absolute atomic E-state index is 0.617. The van der Waals surface area contributed by atoms with Crippen molar-refractivity contribution >= 4 is 11.6 Å². The second kappa shape index (κ2) is 7.59. The maximum absolute atomic E-state index is 4.73. The van der Waals surface area contributed by atoms with Crippen molar-refractivity contribution < 1.29 is 0 Å².